The lowest BCUT2D eigenvalue weighted by Crippen LogP contribution is -2.34. The molecule has 1 N–H and O–H groups in total. The second-order valence-corrected chi connectivity index (χ2v) is 9.24. The van der Waals surface area contributed by atoms with Gasteiger partial charge in [-0.3, -0.25) is 0 Å². The number of hydrogen-bond acceptors (Lipinski definition) is 7. The smallest absolute Gasteiger partial charge is 0.266 e. The molecule has 2 aromatic heterocycles. The van der Waals surface area contributed by atoms with E-state index in [1.807, 2.05) is 6.07 Å². The minimum Gasteiger partial charge on any atom is -0.480 e. The highest BCUT2D eigenvalue weighted by atomic mass is 19.3. The van der Waals surface area contributed by atoms with E-state index >= 15 is 0 Å². The Hall–Kier alpha value is -3.14. The van der Waals surface area contributed by atoms with Crippen LogP contribution >= 0.6 is 0 Å². The number of pyridine rings is 1. The number of hydrogen-bond donors (Lipinski definition) is 1. The minimum absolute atomic E-state index is 0.127. The van der Waals surface area contributed by atoms with Crippen molar-refractivity contribution in [3.8, 4) is 5.88 Å². The van der Waals surface area contributed by atoms with Gasteiger partial charge in [-0.05, 0) is 38.7 Å². The van der Waals surface area contributed by atoms with E-state index in [1.54, 1.807) is 21.0 Å². The SMILES string of the molecule is COc1nc2c(C)nnc(N[C@H](C)c3cccc(C(F)F)c3F)c2cc1N1CC2CCOCC1C2. The first-order valence-corrected chi connectivity index (χ1v) is 11.8. The minimum atomic E-state index is -2.89. The molecule has 5 rings (SSSR count). The fourth-order valence-electron chi connectivity index (χ4n) is 5.13. The molecule has 186 valence electrons. The lowest BCUT2D eigenvalue weighted by Gasteiger charge is -2.29. The third-order valence-electron chi connectivity index (χ3n) is 6.96. The van der Waals surface area contributed by atoms with Gasteiger partial charge in [0, 0.05) is 24.1 Å². The third-order valence-corrected chi connectivity index (χ3v) is 6.96. The van der Waals surface area contributed by atoms with Crippen LogP contribution in [0.15, 0.2) is 24.3 Å². The first kappa shape index (κ1) is 23.6. The average Bonchev–Trinajstić information content (AvgIpc) is 3.09. The number of aryl methyl sites for hydroxylation is 1. The first-order chi connectivity index (χ1) is 16.9. The fourth-order valence-corrected chi connectivity index (χ4v) is 5.13. The highest BCUT2D eigenvalue weighted by Gasteiger charge is 2.36. The van der Waals surface area contributed by atoms with Crippen LogP contribution in [0.5, 0.6) is 5.88 Å². The van der Waals surface area contributed by atoms with Crippen molar-refractivity contribution >= 4 is 22.4 Å². The zero-order chi connectivity index (χ0) is 24.7. The molecule has 1 aromatic carbocycles. The summed E-state index contributed by atoms with van der Waals surface area (Å²) in [5, 5.41) is 12.4. The molecule has 2 aliphatic heterocycles. The molecule has 0 radical (unpaired) electrons. The van der Waals surface area contributed by atoms with Gasteiger partial charge in [-0.15, -0.1) is 5.10 Å². The van der Waals surface area contributed by atoms with Crippen molar-refractivity contribution in [2.75, 3.05) is 37.1 Å². The zero-order valence-corrected chi connectivity index (χ0v) is 19.9. The maximum Gasteiger partial charge on any atom is 0.266 e. The van der Waals surface area contributed by atoms with E-state index in [4.69, 9.17) is 14.5 Å². The van der Waals surface area contributed by atoms with Gasteiger partial charge in [0.25, 0.3) is 6.43 Å². The Morgan fingerprint density at radius 3 is 2.80 bits per heavy atom. The van der Waals surface area contributed by atoms with Crippen molar-refractivity contribution in [1.29, 1.82) is 0 Å². The van der Waals surface area contributed by atoms with Gasteiger partial charge in [-0.25, -0.2) is 18.2 Å². The number of nitrogens with one attached hydrogen (secondary N) is 1. The van der Waals surface area contributed by atoms with Gasteiger partial charge >= 0.3 is 0 Å². The van der Waals surface area contributed by atoms with Gasteiger partial charge in [0.2, 0.25) is 5.88 Å². The summed E-state index contributed by atoms with van der Waals surface area (Å²) in [5.74, 6) is 0.511. The van der Waals surface area contributed by atoms with Gasteiger partial charge in [-0.2, -0.15) is 5.10 Å². The molecular weight excluding hydrogens is 459 g/mol. The van der Waals surface area contributed by atoms with E-state index in [-0.39, 0.29) is 11.6 Å². The molecule has 2 aliphatic rings. The van der Waals surface area contributed by atoms with Crippen molar-refractivity contribution in [3.63, 3.8) is 0 Å². The number of anilines is 2. The molecular formula is C25H28F3N5O2. The van der Waals surface area contributed by atoms with Crippen LogP contribution in [0.4, 0.5) is 24.7 Å². The fraction of sp³-hybridized carbons (Fsp3) is 0.480. The predicted molar refractivity (Wildman–Crippen MR) is 127 cm³/mol. The van der Waals surface area contributed by atoms with Crippen LogP contribution in [0.2, 0.25) is 0 Å². The molecule has 7 nitrogen and oxygen atoms in total. The monoisotopic (exact) mass is 487 g/mol. The van der Waals surface area contributed by atoms with Gasteiger partial charge in [0.1, 0.15) is 17.0 Å². The number of rotatable bonds is 6. The number of aromatic nitrogens is 3. The van der Waals surface area contributed by atoms with Crippen LogP contribution in [0, 0.1) is 18.7 Å². The zero-order valence-electron chi connectivity index (χ0n) is 19.9. The number of fused-ring (bicyclic) bond motifs is 3. The Kier molecular flexibility index (Phi) is 6.39. The van der Waals surface area contributed by atoms with Gasteiger partial charge < -0.3 is 19.7 Å². The number of alkyl halides is 2. The quantitative estimate of drug-likeness (QED) is 0.512. The van der Waals surface area contributed by atoms with Gasteiger partial charge in [0.15, 0.2) is 5.82 Å². The summed E-state index contributed by atoms with van der Waals surface area (Å²) >= 11 is 0. The van der Waals surface area contributed by atoms with E-state index in [2.05, 4.69) is 20.4 Å². The second-order valence-electron chi connectivity index (χ2n) is 9.24. The van der Waals surface area contributed by atoms with Gasteiger partial charge in [0.05, 0.1) is 37.1 Å². The molecule has 2 bridgehead atoms. The summed E-state index contributed by atoms with van der Waals surface area (Å²) in [6.07, 6.45) is -0.819. The number of ether oxygens (including phenoxy) is 2. The predicted octanol–water partition coefficient (Wildman–Crippen LogP) is 5.21. The molecule has 0 aliphatic carbocycles. The standard InChI is InChI=1S/C25H28F3N5O2/c1-13(17-5-4-6-18(21(17)26)23(27)28)29-24-19-10-20(25(34-3)30-22(19)14(2)31-32-24)33-11-15-7-8-35-12-16(33)9-15/h4-6,10,13,15-16,23H,7-9,11-12H2,1-3H3,(H,29,32)/t13-,15?,16?/m1/s1. The topological polar surface area (TPSA) is 72.4 Å². The molecule has 3 atom stereocenters. The van der Waals surface area contributed by atoms with E-state index < -0.39 is 23.8 Å². The van der Waals surface area contributed by atoms with E-state index in [0.29, 0.717) is 40.8 Å². The Balaban J connectivity index is 1.55. The maximum absolute atomic E-state index is 14.8. The van der Waals surface area contributed by atoms with Crippen molar-refractivity contribution in [2.24, 2.45) is 5.92 Å². The largest absolute Gasteiger partial charge is 0.480 e. The lowest BCUT2D eigenvalue weighted by molar-refractivity contribution is 0.125. The van der Waals surface area contributed by atoms with E-state index in [0.717, 1.165) is 37.7 Å². The van der Waals surface area contributed by atoms with E-state index in [1.165, 1.54) is 12.1 Å². The number of benzene rings is 1. The normalized spacial score (nSPS) is 20.8. The van der Waals surface area contributed by atoms with E-state index in [9.17, 15) is 13.2 Å². The average molecular weight is 488 g/mol. The number of nitrogens with zero attached hydrogens (tertiary/aromatic N) is 4. The summed E-state index contributed by atoms with van der Waals surface area (Å²) in [4.78, 5) is 7.03. The Bertz CT molecular complexity index is 1240. The number of methoxy groups -OCH3 is 1. The maximum atomic E-state index is 14.8. The van der Waals surface area contributed by atoms with Crippen molar-refractivity contribution in [2.45, 2.75) is 45.2 Å². The summed E-state index contributed by atoms with van der Waals surface area (Å²) in [6.45, 7) is 5.82. The summed E-state index contributed by atoms with van der Waals surface area (Å²) in [7, 11) is 1.59. The molecule has 0 saturated carbocycles. The Labute approximate surface area is 201 Å². The Morgan fingerprint density at radius 1 is 1.23 bits per heavy atom. The van der Waals surface area contributed by atoms with Crippen LogP contribution in [0.3, 0.4) is 0 Å². The molecule has 2 saturated heterocycles. The molecule has 0 spiro atoms. The van der Waals surface area contributed by atoms with Crippen molar-refractivity contribution in [1.82, 2.24) is 15.2 Å². The summed E-state index contributed by atoms with van der Waals surface area (Å²) in [5.41, 5.74) is 1.57. The lowest BCUT2D eigenvalue weighted by atomic mass is 10.0. The molecule has 0 amide bonds. The molecule has 35 heavy (non-hydrogen) atoms. The molecule has 10 heteroatoms. The molecule has 4 heterocycles. The van der Waals surface area contributed by atoms with Crippen LogP contribution < -0.4 is 15.0 Å². The summed E-state index contributed by atoms with van der Waals surface area (Å²) < 4.78 is 52.7. The molecule has 3 aromatic rings. The highest BCUT2D eigenvalue weighted by molar-refractivity contribution is 5.94. The second kappa shape index (κ2) is 9.49. The number of halogens is 3. The van der Waals surface area contributed by atoms with Gasteiger partial charge in [-0.1, -0.05) is 18.2 Å². The van der Waals surface area contributed by atoms with Crippen molar-refractivity contribution in [3.05, 3.63) is 46.9 Å². The Morgan fingerprint density at radius 2 is 2.03 bits per heavy atom. The summed E-state index contributed by atoms with van der Waals surface area (Å²) in [6, 6.07) is 5.58. The van der Waals surface area contributed by atoms with Crippen LogP contribution in [0.1, 0.15) is 49.1 Å². The first-order valence-electron chi connectivity index (χ1n) is 11.8. The van der Waals surface area contributed by atoms with Crippen LogP contribution in [-0.2, 0) is 4.74 Å². The molecule has 2 fully saturated rings. The third kappa shape index (κ3) is 4.35. The highest BCUT2D eigenvalue weighted by Crippen LogP contribution is 2.40. The van der Waals surface area contributed by atoms with Crippen LogP contribution in [-0.4, -0.2) is 48.1 Å². The van der Waals surface area contributed by atoms with Crippen LogP contribution in [0.25, 0.3) is 10.9 Å². The molecule has 2 unspecified atom stereocenters. The van der Waals surface area contributed by atoms with Crippen molar-refractivity contribution < 1.29 is 22.6 Å².